The second-order valence-electron chi connectivity index (χ2n) is 4.03. The van der Waals surface area contributed by atoms with Gasteiger partial charge in [0.05, 0.1) is 5.02 Å². The maximum absolute atomic E-state index is 13.5. The third-order valence-electron chi connectivity index (χ3n) is 2.57. The lowest BCUT2D eigenvalue weighted by atomic mass is 10.2. The van der Waals surface area contributed by atoms with Crippen molar-refractivity contribution in [3.05, 3.63) is 57.3 Å². The molecule has 0 radical (unpaired) electrons. The van der Waals surface area contributed by atoms with Crippen molar-refractivity contribution < 1.29 is 17.5 Å². The monoisotopic (exact) mass is 412 g/mol. The lowest BCUT2D eigenvalue weighted by Crippen LogP contribution is -2.03. The molecule has 0 atom stereocenters. The molecule has 0 bridgehead atoms. The highest BCUT2D eigenvalue weighted by Crippen LogP contribution is 2.37. The van der Waals surface area contributed by atoms with Crippen LogP contribution in [-0.2, 0) is 15.7 Å². The van der Waals surface area contributed by atoms with Gasteiger partial charge in [0.1, 0.15) is 17.3 Å². The fourth-order valence-electron chi connectivity index (χ4n) is 1.62. The van der Waals surface area contributed by atoms with Gasteiger partial charge in [-0.2, -0.15) is 0 Å². The zero-order valence-corrected chi connectivity index (χ0v) is 14.2. The van der Waals surface area contributed by atoms with Gasteiger partial charge in [-0.05, 0) is 18.2 Å². The van der Waals surface area contributed by atoms with E-state index in [9.17, 15) is 12.8 Å². The molecule has 2 aromatic rings. The largest absolute Gasteiger partial charge is 0.486 e. The zero-order chi connectivity index (χ0) is 15.6. The van der Waals surface area contributed by atoms with Gasteiger partial charge in [0, 0.05) is 20.7 Å². The van der Waals surface area contributed by atoms with Crippen LogP contribution >= 0.6 is 38.2 Å². The summed E-state index contributed by atoms with van der Waals surface area (Å²) in [6.07, 6.45) is 0. The quantitative estimate of drug-likeness (QED) is 0.679. The van der Waals surface area contributed by atoms with E-state index in [0.717, 1.165) is 0 Å². The molecule has 0 unspecified atom stereocenters. The molecule has 0 heterocycles. The summed E-state index contributed by atoms with van der Waals surface area (Å²) >= 11 is 9.10. The maximum atomic E-state index is 13.5. The second-order valence-corrected chi connectivity index (χ2v) is 7.89. The first-order chi connectivity index (χ1) is 9.79. The third kappa shape index (κ3) is 4.10. The number of ether oxygens (including phenoxy) is 1. The molecule has 0 aliphatic heterocycles. The van der Waals surface area contributed by atoms with Crippen LogP contribution in [0.15, 0.2) is 45.8 Å². The van der Waals surface area contributed by atoms with Crippen molar-refractivity contribution in [3.63, 3.8) is 0 Å². The van der Waals surface area contributed by atoms with E-state index in [0.29, 0.717) is 4.47 Å². The Kier molecular flexibility index (Phi) is 5.14. The fourth-order valence-corrected chi connectivity index (χ4v) is 3.70. The number of halogens is 4. The number of hydrogen-bond acceptors (Lipinski definition) is 3. The van der Waals surface area contributed by atoms with Crippen LogP contribution in [0.1, 0.15) is 5.56 Å². The minimum absolute atomic E-state index is 0.0555. The first kappa shape index (κ1) is 16.5. The lowest BCUT2D eigenvalue weighted by molar-refractivity contribution is 0.292. The van der Waals surface area contributed by atoms with Crippen molar-refractivity contribution in [2.24, 2.45) is 0 Å². The van der Waals surface area contributed by atoms with Crippen molar-refractivity contribution in [2.45, 2.75) is 11.5 Å². The normalized spacial score (nSPS) is 11.4. The van der Waals surface area contributed by atoms with Crippen LogP contribution in [-0.4, -0.2) is 8.42 Å². The molecule has 0 amide bonds. The van der Waals surface area contributed by atoms with Gasteiger partial charge in [0.15, 0.2) is 5.75 Å². The minimum Gasteiger partial charge on any atom is -0.486 e. The minimum atomic E-state index is -4.05. The third-order valence-corrected chi connectivity index (χ3v) is 4.63. The van der Waals surface area contributed by atoms with Crippen LogP contribution in [0.3, 0.4) is 0 Å². The SMILES string of the molecule is O=S(=O)(Cl)c1cc(Br)cc(Cl)c1OCc1ccccc1F. The van der Waals surface area contributed by atoms with Crippen molar-refractivity contribution in [3.8, 4) is 5.75 Å². The van der Waals surface area contributed by atoms with E-state index in [1.807, 2.05) is 0 Å². The van der Waals surface area contributed by atoms with E-state index in [4.69, 9.17) is 27.0 Å². The van der Waals surface area contributed by atoms with Crippen LogP contribution in [0, 0.1) is 5.82 Å². The van der Waals surface area contributed by atoms with E-state index in [-0.39, 0.29) is 27.8 Å². The molecule has 2 rings (SSSR count). The molecule has 3 nitrogen and oxygen atoms in total. The standard InChI is InChI=1S/C13H8BrCl2FO3S/c14-9-5-10(15)13(12(6-9)21(16,18)19)20-7-8-3-1-2-4-11(8)17/h1-6H,7H2. The van der Waals surface area contributed by atoms with Gasteiger partial charge in [-0.25, -0.2) is 12.8 Å². The Hall–Kier alpha value is -0.820. The summed E-state index contributed by atoms with van der Waals surface area (Å²) in [5, 5.41) is 0.0555. The molecule has 0 fully saturated rings. The van der Waals surface area contributed by atoms with Crippen molar-refractivity contribution in [2.75, 3.05) is 0 Å². The fraction of sp³-hybridized carbons (Fsp3) is 0.0769. The van der Waals surface area contributed by atoms with Crippen molar-refractivity contribution >= 4 is 47.3 Å². The number of hydrogen-bond donors (Lipinski definition) is 0. The first-order valence-corrected chi connectivity index (χ1v) is 9.07. The lowest BCUT2D eigenvalue weighted by Gasteiger charge is -2.12. The highest BCUT2D eigenvalue weighted by Gasteiger charge is 2.21. The molecule has 8 heteroatoms. The summed E-state index contributed by atoms with van der Waals surface area (Å²) in [7, 11) is 1.31. The summed E-state index contributed by atoms with van der Waals surface area (Å²) in [6, 6.07) is 8.72. The van der Waals surface area contributed by atoms with Crippen molar-refractivity contribution in [1.82, 2.24) is 0 Å². The van der Waals surface area contributed by atoms with E-state index < -0.39 is 14.9 Å². The van der Waals surface area contributed by atoms with Gasteiger partial charge in [0.25, 0.3) is 9.05 Å². The predicted molar refractivity (Wildman–Crippen MR) is 82.9 cm³/mol. The highest BCUT2D eigenvalue weighted by atomic mass is 79.9. The van der Waals surface area contributed by atoms with Gasteiger partial charge in [-0.3, -0.25) is 0 Å². The van der Waals surface area contributed by atoms with Gasteiger partial charge < -0.3 is 4.74 Å². The van der Waals surface area contributed by atoms with E-state index in [1.165, 1.54) is 24.3 Å². The Morgan fingerprint density at radius 2 is 1.90 bits per heavy atom. The summed E-state index contributed by atoms with van der Waals surface area (Å²) < 4.78 is 42.5. The summed E-state index contributed by atoms with van der Waals surface area (Å²) in [5.41, 5.74) is 0.273. The Labute approximate surface area is 139 Å². The first-order valence-electron chi connectivity index (χ1n) is 5.59. The Balaban J connectivity index is 2.39. The van der Waals surface area contributed by atoms with E-state index in [2.05, 4.69) is 15.9 Å². The molecule has 0 spiro atoms. The smallest absolute Gasteiger partial charge is 0.265 e. The Morgan fingerprint density at radius 3 is 2.52 bits per heavy atom. The van der Waals surface area contributed by atoms with Crippen molar-refractivity contribution in [1.29, 1.82) is 0 Å². The summed E-state index contributed by atoms with van der Waals surface area (Å²) in [4.78, 5) is -0.278. The highest BCUT2D eigenvalue weighted by molar-refractivity contribution is 9.10. The number of benzene rings is 2. The van der Waals surface area contributed by atoms with Gasteiger partial charge in [-0.1, -0.05) is 45.7 Å². The van der Waals surface area contributed by atoms with Gasteiger partial charge >= 0.3 is 0 Å². The summed E-state index contributed by atoms with van der Waals surface area (Å²) in [5.74, 6) is -0.570. The van der Waals surface area contributed by atoms with E-state index in [1.54, 1.807) is 12.1 Å². The predicted octanol–water partition coefficient (Wildman–Crippen LogP) is 4.75. The molecule has 0 N–H and O–H groups in total. The average molecular weight is 414 g/mol. The molecular formula is C13H8BrCl2FO3S. The molecule has 0 aliphatic rings. The van der Waals surface area contributed by atoms with Crippen LogP contribution in [0.2, 0.25) is 5.02 Å². The van der Waals surface area contributed by atoms with Crippen LogP contribution in [0.5, 0.6) is 5.75 Å². The van der Waals surface area contributed by atoms with Gasteiger partial charge in [-0.15, -0.1) is 0 Å². The molecule has 2 aromatic carbocycles. The number of rotatable bonds is 4. The molecule has 0 aliphatic carbocycles. The van der Waals surface area contributed by atoms with Crippen LogP contribution in [0.4, 0.5) is 4.39 Å². The van der Waals surface area contributed by atoms with Crippen LogP contribution < -0.4 is 4.74 Å². The summed E-state index contributed by atoms with van der Waals surface area (Å²) in [6.45, 7) is -0.173. The molecule has 21 heavy (non-hydrogen) atoms. The molecule has 0 saturated heterocycles. The average Bonchev–Trinajstić information content (AvgIpc) is 2.37. The van der Waals surface area contributed by atoms with E-state index >= 15 is 0 Å². The topological polar surface area (TPSA) is 43.4 Å². The molecular weight excluding hydrogens is 406 g/mol. The zero-order valence-electron chi connectivity index (χ0n) is 10.3. The Bertz CT molecular complexity index is 781. The Morgan fingerprint density at radius 1 is 1.24 bits per heavy atom. The second kappa shape index (κ2) is 6.52. The van der Waals surface area contributed by atoms with Gasteiger partial charge in [0.2, 0.25) is 0 Å². The molecule has 0 aromatic heterocycles. The maximum Gasteiger partial charge on any atom is 0.265 e. The molecule has 112 valence electrons. The van der Waals surface area contributed by atoms with Crippen LogP contribution in [0.25, 0.3) is 0 Å². The molecule has 0 saturated carbocycles.